The fourth-order valence-corrected chi connectivity index (χ4v) is 3.42. The number of benzene rings is 2. The summed E-state index contributed by atoms with van der Waals surface area (Å²) in [5.74, 6) is -0.595. The molecule has 3 rings (SSSR count). The van der Waals surface area contributed by atoms with E-state index in [0.717, 1.165) is 10.6 Å². The maximum atomic E-state index is 12.4. The highest BCUT2D eigenvalue weighted by Crippen LogP contribution is 2.30. The Bertz CT molecular complexity index is 1070. The van der Waals surface area contributed by atoms with Gasteiger partial charge in [-0.2, -0.15) is 5.26 Å². The third-order valence-corrected chi connectivity index (χ3v) is 5.45. The number of nitriles is 1. The summed E-state index contributed by atoms with van der Waals surface area (Å²) in [6, 6.07) is 14.0. The first-order valence-corrected chi connectivity index (χ1v) is 9.58. The van der Waals surface area contributed by atoms with Crippen molar-refractivity contribution < 1.29 is 4.79 Å². The van der Waals surface area contributed by atoms with Gasteiger partial charge in [0.25, 0.3) is 5.91 Å². The zero-order chi connectivity index (χ0) is 19.4. The highest BCUT2D eigenvalue weighted by atomic mass is 35.5. The zero-order valence-electron chi connectivity index (χ0n) is 13.5. The molecule has 0 fully saturated rings. The Hall–Kier alpha value is -2.36. The maximum Gasteiger partial charge on any atom is 0.266 e. The van der Waals surface area contributed by atoms with Crippen LogP contribution in [0.1, 0.15) is 5.69 Å². The van der Waals surface area contributed by atoms with Crippen molar-refractivity contribution in [1.82, 2.24) is 4.98 Å². The van der Waals surface area contributed by atoms with Crippen molar-refractivity contribution in [3.63, 3.8) is 0 Å². The standard InChI is InChI=1S/C19H10Cl3N3OS/c20-13-6-4-11(5-7-13)19-24-14(10-27-19)8-12(9-23)18(26)25-16-3-1-2-15(21)17(16)22/h1-8,10H,(H,25,26)/b12-8+. The van der Waals surface area contributed by atoms with Gasteiger partial charge < -0.3 is 5.32 Å². The van der Waals surface area contributed by atoms with Gasteiger partial charge in [-0.15, -0.1) is 11.3 Å². The SMILES string of the molecule is N#C/C(=C\c1csc(-c2ccc(Cl)cc2)n1)C(=O)Nc1cccc(Cl)c1Cl. The molecule has 4 nitrogen and oxygen atoms in total. The number of carbonyl (C=O) groups excluding carboxylic acids is 1. The van der Waals surface area contributed by atoms with E-state index in [1.807, 2.05) is 18.2 Å². The molecule has 0 saturated heterocycles. The fourth-order valence-electron chi connectivity index (χ4n) is 2.16. The first-order chi connectivity index (χ1) is 13.0. The molecule has 8 heteroatoms. The van der Waals surface area contributed by atoms with E-state index in [-0.39, 0.29) is 10.6 Å². The number of hydrogen-bond acceptors (Lipinski definition) is 4. The molecule has 0 aliphatic carbocycles. The van der Waals surface area contributed by atoms with Crippen molar-refractivity contribution in [1.29, 1.82) is 5.26 Å². The Balaban J connectivity index is 1.82. The second kappa shape index (κ2) is 8.55. The quantitative estimate of drug-likeness (QED) is 0.386. The molecule has 2 aromatic carbocycles. The highest BCUT2D eigenvalue weighted by Gasteiger charge is 2.14. The Morgan fingerprint density at radius 2 is 1.89 bits per heavy atom. The number of thiazole rings is 1. The lowest BCUT2D eigenvalue weighted by atomic mass is 10.2. The molecule has 1 N–H and O–H groups in total. The number of hydrogen-bond donors (Lipinski definition) is 1. The number of nitrogens with zero attached hydrogens (tertiary/aromatic N) is 2. The lowest BCUT2D eigenvalue weighted by molar-refractivity contribution is -0.112. The van der Waals surface area contributed by atoms with Gasteiger partial charge in [-0.1, -0.05) is 53.0 Å². The van der Waals surface area contributed by atoms with E-state index in [2.05, 4.69) is 10.3 Å². The van der Waals surface area contributed by atoms with E-state index in [4.69, 9.17) is 34.8 Å². The Morgan fingerprint density at radius 1 is 1.15 bits per heavy atom. The summed E-state index contributed by atoms with van der Waals surface area (Å²) in [4.78, 5) is 16.8. The Kier molecular flexibility index (Phi) is 6.15. The molecule has 0 aliphatic rings. The number of anilines is 1. The lowest BCUT2D eigenvalue weighted by Gasteiger charge is -2.07. The fraction of sp³-hybridized carbons (Fsp3) is 0. The summed E-state index contributed by atoms with van der Waals surface area (Å²) in [5, 5.41) is 15.6. The van der Waals surface area contributed by atoms with Crippen LogP contribution in [0.5, 0.6) is 0 Å². The number of carbonyl (C=O) groups is 1. The van der Waals surface area contributed by atoms with Gasteiger partial charge in [0.05, 0.1) is 21.4 Å². The summed E-state index contributed by atoms with van der Waals surface area (Å²) in [5.41, 5.74) is 1.64. The van der Waals surface area contributed by atoms with E-state index < -0.39 is 5.91 Å². The predicted octanol–water partition coefficient (Wildman–Crippen LogP) is 6.32. The van der Waals surface area contributed by atoms with Gasteiger partial charge in [0.2, 0.25) is 0 Å². The van der Waals surface area contributed by atoms with Crippen molar-refractivity contribution >= 4 is 63.8 Å². The summed E-state index contributed by atoms with van der Waals surface area (Å²) < 4.78 is 0. The number of rotatable bonds is 4. The topological polar surface area (TPSA) is 65.8 Å². The minimum Gasteiger partial charge on any atom is -0.320 e. The first kappa shape index (κ1) is 19.4. The molecule has 134 valence electrons. The molecule has 0 bridgehead atoms. The van der Waals surface area contributed by atoms with Crippen LogP contribution in [0.15, 0.2) is 53.4 Å². The molecule has 0 aliphatic heterocycles. The third kappa shape index (κ3) is 4.68. The molecule has 3 aromatic rings. The van der Waals surface area contributed by atoms with E-state index in [0.29, 0.717) is 21.4 Å². The van der Waals surface area contributed by atoms with Gasteiger partial charge in [-0.05, 0) is 30.3 Å². The number of amides is 1. The second-order valence-corrected chi connectivity index (χ2v) is 7.39. The van der Waals surface area contributed by atoms with Crippen LogP contribution in [0.4, 0.5) is 5.69 Å². The zero-order valence-corrected chi connectivity index (χ0v) is 16.6. The van der Waals surface area contributed by atoms with Gasteiger partial charge in [-0.3, -0.25) is 4.79 Å². The number of halogens is 3. The summed E-state index contributed by atoms with van der Waals surface area (Å²) in [6.45, 7) is 0. The predicted molar refractivity (Wildman–Crippen MR) is 111 cm³/mol. The van der Waals surface area contributed by atoms with Crippen molar-refractivity contribution in [2.45, 2.75) is 0 Å². The van der Waals surface area contributed by atoms with Crippen LogP contribution in [0, 0.1) is 11.3 Å². The van der Waals surface area contributed by atoms with Crippen LogP contribution in [0.3, 0.4) is 0 Å². The van der Waals surface area contributed by atoms with Crippen LogP contribution >= 0.6 is 46.1 Å². The molecule has 0 atom stereocenters. The molecule has 0 saturated carbocycles. The van der Waals surface area contributed by atoms with Gasteiger partial charge in [-0.25, -0.2) is 4.98 Å². The van der Waals surface area contributed by atoms with Crippen LogP contribution in [-0.2, 0) is 4.79 Å². The molecule has 27 heavy (non-hydrogen) atoms. The van der Waals surface area contributed by atoms with Crippen molar-refractivity contribution in [3.05, 3.63) is 74.2 Å². The van der Waals surface area contributed by atoms with Gasteiger partial charge in [0, 0.05) is 16.0 Å². The van der Waals surface area contributed by atoms with Gasteiger partial charge in [0.1, 0.15) is 16.6 Å². The third-order valence-electron chi connectivity index (χ3n) is 3.47. The number of aromatic nitrogens is 1. The van der Waals surface area contributed by atoms with Gasteiger partial charge >= 0.3 is 0 Å². The maximum absolute atomic E-state index is 12.4. The van der Waals surface area contributed by atoms with Crippen molar-refractivity contribution in [3.8, 4) is 16.6 Å². The first-order valence-electron chi connectivity index (χ1n) is 7.56. The molecule has 0 radical (unpaired) electrons. The molecular weight excluding hydrogens is 425 g/mol. The van der Waals surface area contributed by atoms with Crippen LogP contribution in [0.25, 0.3) is 16.6 Å². The monoisotopic (exact) mass is 433 g/mol. The van der Waals surface area contributed by atoms with Crippen LogP contribution in [-0.4, -0.2) is 10.9 Å². The van der Waals surface area contributed by atoms with Crippen LogP contribution in [0.2, 0.25) is 15.1 Å². The largest absolute Gasteiger partial charge is 0.320 e. The lowest BCUT2D eigenvalue weighted by Crippen LogP contribution is -2.13. The van der Waals surface area contributed by atoms with E-state index >= 15 is 0 Å². The number of nitrogens with one attached hydrogen (secondary N) is 1. The molecule has 0 unspecified atom stereocenters. The van der Waals surface area contributed by atoms with E-state index in [9.17, 15) is 10.1 Å². The average molecular weight is 435 g/mol. The summed E-state index contributed by atoms with van der Waals surface area (Å²) >= 11 is 19.3. The van der Waals surface area contributed by atoms with E-state index in [1.54, 1.807) is 35.7 Å². The van der Waals surface area contributed by atoms with Crippen molar-refractivity contribution in [2.24, 2.45) is 0 Å². The van der Waals surface area contributed by atoms with E-state index in [1.165, 1.54) is 17.4 Å². The average Bonchev–Trinajstić information content (AvgIpc) is 3.12. The molecule has 1 heterocycles. The molecule has 0 spiro atoms. The Labute approximate surface area is 174 Å². The Morgan fingerprint density at radius 3 is 2.59 bits per heavy atom. The second-order valence-electron chi connectivity index (χ2n) is 5.31. The minimum absolute atomic E-state index is 0.0981. The molecule has 1 aromatic heterocycles. The smallest absolute Gasteiger partial charge is 0.266 e. The van der Waals surface area contributed by atoms with Crippen LogP contribution < -0.4 is 5.32 Å². The summed E-state index contributed by atoms with van der Waals surface area (Å²) in [7, 11) is 0. The van der Waals surface area contributed by atoms with Gasteiger partial charge in [0.15, 0.2) is 0 Å². The van der Waals surface area contributed by atoms with Crippen molar-refractivity contribution in [2.75, 3.05) is 5.32 Å². The summed E-state index contributed by atoms with van der Waals surface area (Å²) in [6.07, 6.45) is 1.42. The minimum atomic E-state index is -0.595. The molecule has 1 amide bonds. The highest BCUT2D eigenvalue weighted by molar-refractivity contribution is 7.13. The molecular formula is C19H10Cl3N3OS. The normalized spacial score (nSPS) is 11.1.